The van der Waals surface area contributed by atoms with Crippen molar-refractivity contribution in [3.8, 4) is 5.75 Å². The summed E-state index contributed by atoms with van der Waals surface area (Å²) in [5, 5.41) is 17.1. The smallest absolute Gasteiger partial charge is 0.319 e. The summed E-state index contributed by atoms with van der Waals surface area (Å²) in [5.41, 5.74) is 0.759. The third-order valence-electron chi connectivity index (χ3n) is 5.75. The predicted molar refractivity (Wildman–Crippen MR) is 118 cm³/mol. The standard InChI is InChI=1S/C22H27ClN4O4/c1-30-17-6-7-19(24-10-17)18-11-27(12-22(29)13-31-14-22)9-8-20(18)26-21(28)25-16-4-2-15(23)3-5-16/h2-7,10,18,20,29H,8-9,11-14H2,1H3,(H2,25,26,28)/t18-,20+/m0/s1. The largest absolute Gasteiger partial charge is 0.495 e. The molecule has 2 aromatic rings. The van der Waals surface area contributed by atoms with Gasteiger partial charge < -0.3 is 25.2 Å². The molecule has 2 aliphatic rings. The van der Waals surface area contributed by atoms with Crippen molar-refractivity contribution < 1.29 is 19.4 Å². The number of aliphatic hydroxyl groups is 1. The summed E-state index contributed by atoms with van der Waals surface area (Å²) in [5.74, 6) is 0.655. The lowest BCUT2D eigenvalue weighted by Gasteiger charge is -2.44. The summed E-state index contributed by atoms with van der Waals surface area (Å²) in [6.07, 6.45) is 2.43. The number of urea groups is 1. The molecule has 4 rings (SSSR count). The Morgan fingerprint density at radius 1 is 1.32 bits per heavy atom. The average Bonchev–Trinajstić information content (AvgIpc) is 2.75. The molecule has 8 nitrogen and oxygen atoms in total. The molecular formula is C22H27ClN4O4. The van der Waals surface area contributed by atoms with Crippen LogP contribution in [0.4, 0.5) is 10.5 Å². The number of benzene rings is 1. The Hall–Kier alpha value is -2.39. The van der Waals surface area contributed by atoms with Crippen LogP contribution >= 0.6 is 11.6 Å². The highest BCUT2D eigenvalue weighted by Gasteiger charge is 2.41. The highest BCUT2D eigenvalue weighted by atomic mass is 35.5. The summed E-state index contributed by atoms with van der Waals surface area (Å²) < 4.78 is 10.4. The molecule has 31 heavy (non-hydrogen) atoms. The van der Waals surface area contributed by atoms with Gasteiger partial charge in [-0.2, -0.15) is 0 Å². The Morgan fingerprint density at radius 3 is 2.71 bits per heavy atom. The second kappa shape index (κ2) is 9.40. The maximum atomic E-state index is 12.6. The molecule has 2 saturated heterocycles. The molecule has 3 heterocycles. The molecule has 166 valence electrons. The Kier molecular flexibility index (Phi) is 6.62. The molecule has 1 aromatic carbocycles. The molecule has 3 N–H and O–H groups in total. The number of nitrogens with zero attached hydrogens (tertiary/aromatic N) is 2. The number of likely N-dealkylation sites (tertiary alicyclic amines) is 1. The van der Waals surface area contributed by atoms with Gasteiger partial charge in [0.05, 0.1) is 26.5 Å². The van der Waals surface area contributed by atoms with Crippen molar-refractivity contribution in [3.63, 3.8) is 0 Å². The van der Waals surface area contributed by atoms with Crippen LogP contribution in [0.25, 0.3) is 0 Å². The van der Waals surface area contributed by atoms with Crippen LogP contribution in [0.15, 0.2) is 42.6 Å². The van der Waals surface area contributed by atoms with Crippen LogP contribution in [0, 0.1) is 0 Å². The number of pyridine rings is 1. The number of ether oxygens (including phenoxy) is 2. The van der Waals surface area contributed by atoms with Crippen molar-refractivity contribution in [2.45, 2.75) is 24.0 Å². The van der Waals surface area contributed by atoms with E-state index in [9.17, 15) is 9.90 Å². The number of amides is 2. The fourth-order valence-corrected chi connectivity index (χ4v) is 4.21. The molecule has 0 spiro atoms. The Balaban J connectivity index is 1.45. The summed E-state index contributed by atoms with van der Waals surface area (Å²) in [6, 6.07) is 10.4. The van der Waals surface area contributed by atoms with E-state index in [1.54, 1.807) is 37.6 Å². The Labute approximate surface area is 186 Å². The number of aromatic nitrogens is 1. The first-order valence-corrected chi connectivity index (χ1v) is 10.7. The maximum absolute atomic E-state index is 12.6. The van der Waals surface area contributed by atoms with Gasteiger partial charge in [-0.1, -0.05) is 11.6 Å². The SMILES string of the molecule is COc1ccc([C@@H]2CN(CC3(O)COC3)CC[C@H]2NC(=O)Nc2ccc(Cl)cc2)nc1. The second-order valence-electron chi connectivity index (χ2n) is 8.18. The van der Waals surface area contributed by atoms with Gasteiger partial charge in [0.15, 0.2) is 0 Å². The number of nitrogens with one attached hydrogen (secondary N) is 2. The quantitative estimate of drug-likeness (QED) is 0.631. The average molecular weight is 447 g/mol. The van der Waals surface area contributed by atoms with Gasteiger partial charge in [0.1, 0.15) is 11.4 Å². The van der Waals surface area contributed by atoms with Crippen LogP contribution in [0.1, 0.15) is 18.0 Å². The molecule has 0 bridgehead atoms. The first-order valence-electron chi connectivity index (χ1n) is 10.3. The van der Waals surface area contributed by atoms with E-state index in [2.05, 4.69) is 20.5 Å². The number of β-amino-alcohol motifs (C(OH)–C–C–N with tert-alkyl or cyclic N) is 1. The van der Waals surface area contributed by atoms with Crippen LogP contribution in [0.2, 0.25) is 5.02 Å². The highest BCUT2D eigenvalue weighted by molar-refractivity contribution is 6.30. The van der Waals surface area contributed by atoms with Crippen LogP contribution in [0.5, 0.6) is 5.75 Å². The van der Waals surface area contributed by atoms with Crippen LogP contribution in [0.3, 0.4) is 0 Å². The molecule has 2 aliphatic heterocycles. The summed E-state index contributed by atoms with van der Waals surface area (Å²) >= 11 is 5.91. The first kappa shape index (κ1) is 21.8. The number of hydrogen-bond acceptors (Lipinski definition) is 6. The molecule has 0 saturated carbocycles. The maximum Gasteiger partial charge on any atom is 0.319 e. The highest BCUT2D eigenvalue weighted by Crippen LogP contribution is 2.29. The monoisotopic (exact) mass is 446 g/mol. The third-order valence-corrected chi connectivity index (χ3v) is 6.00. The van der Waals surface area contributed by atoms with E-state index in [0.717, 1.165) is 18.7 Å². The number of anilines is 1. The fraction of sp³-hybridized carbons (Fsp3) is 0.455. The summed E-state index contributed by atoms with van der Waals surface area (Å²) in [6.45, 7) is 2.71. The number of methoxy groups -OCH3 is 1. The Morgan fingerprint density at radius 2 is 2.10 bits per heavy atom. The van der Waals surface area contributed by atoms with Gasteiger partial charge >= 0.3 is 6.03 Å². The first-order chi connectivity index (χ1) is 14.9. The number of piperidine rings is 1. The van der Waals surface area contributed by atoms with E-state index in [0.29, 0.717) is 42.8 Å². The van der Waals surface area contributed by atoms with Crippen molar-refractivity contribution in [1.82, 2.24) is 15.2 Å². The van der Waals surface area contributed by atoms with E-state index in [1.165, 1.54) is 0 Å². The van der Waals surface area contributed by atoms with Gasteiger partial charge in [-0.05, 0) is 42.8 Å². The lowest BCUT2D eigenvalue weighted by atomic mass is 9.87. The van der Waals surface area contributed by atoms with Crippen LogP contribution < -0.4 is 15.4 Å². The molecule has 0 aliphatic carbocycles. The van der Waals surface area contributed by atoms with E-state index < -0.39 is 5.60 Å². The predicted octanol–water partition coefficient (Wildman–Crippen LogP) is 2.48. The van der Waals surface area contributed by atoms with Gasteiger partial charge in [-0.25, -0.2) is 4.79 Å². The zero-order valence-corrected chi connectivity index (χ0v) is 18.1. The summed E-state index contributed by atoms with van der Waals surface area (Å²) in [4.78, 5) is 19.4. The number of carbonyl (C=O) groups is 1. The number of rotatable bonds is 6. The lowest BCUT2D eigenvalue weighted by Crippen LogP contribution is -2.60. The molecule has 9 heteroatoms. The molecule has 0 radical (unpaired) electrons. The van der Waals surface area contributed by atoms with Crippen molar-refractivity contribution in [2.24, 2.45) is 0 Å². The van der Waals surface area contributed by atoms with Gasteiger partial charge in [-0.15, -0.1) is 0 Å². The van der Waals surface area contributed by atoms with Gasteiger partial charge in [0, 0.05) is 48.0 Å². The fourth-order valence-electron chi connectivity index (χ4n) is 4.08. The van der Waals surface area contributed by atoms with Crippen molar-refractivity contribution in [3.05, 3.63) is 53.3 Å². The molecular weight excluding hydrogens is 420 g/mol. The van der Waals surface area contributed by atoms with Crippen molar-refractivity contribution in [2.75, 3.05) is 45.3 Å². The number of carbonyl (C=O) groups excluding carboxylic acids is 1. The third kappa shape index (κ3) is 5.46. The van der Waals surface area contributed by atoms with Crippen LogP contribution in [-0.4, -0.2) is 72.6 Å². The zero-order valence-electron chi connectivity index (χ0n) is 17.4. The van der Waals surface area contributed by atoms with E-state index in [4.69, 9.17) is 21.1 Å². The lowest BCUT2D eigenvalue weighted by molar-refractivity contribution is -0.188. The number of hydrogen-bond donors (Lipinski definition) is 3. The minimum absolute atomic E-state index is 0.0276. The molecule has 0 unspecified atom stereocenters. The van der Waals surface area contributed by atoms with Crippen molar-refractivity contribution in [1.29, 1.82) is 0 Å². The van der Waals surface area contributed by atoms with E-state index in [-0.39, 0.29) is 18.0 Å². The topological polar surface area (TPSA) is 96.0 Å². The summed E-state index contributed by atoms with van der Waals surface area (Å²) in [7, 11) is 1.60. The van der Waals surface area contributed by atoms with Crippen molar-refractivity contribution >= 4 is 23.3 Å². The number of halogens is 1. The van der Waals surface area contributed by atoms with Gasteiger partial charge in [0.2, 0.25) is 0 Å². The minimum atomic E-state index is -0.788. The normalized spacial score (nSPS) is 22.9. The van der Waals surface area contributed by atoms with Gasteiger partial charge in [0.25, 0.3) is 0 Å². The zero-order chi connectivity index (χ0) is 21.8. The molecule has 2 fully saturated rings. The van der Waals surface area contributed by atoms with Crippen LogP contribution in [-0.2, 0) is 4.74 Å². The molecule has 2 amide bonds. The second-order valence-corrected chi connectivity index (χ2v) is 8.62. The Bertz CT molecular complexity index is 889. The van der Waals surface area contributed by atoms with E-state index in [1.807, 2.05) is 12.1 Å². The molecule has 1 aromatic heterocycles. The minimum Gasteiger partial charge on any atom is -0.495 e. The van der Waals surface area contributed by atoms with E-state index >= 15 is 0 Å². The molecule has 2 atom stereocenters. The van der Waals surface area contributed by atoms with Gasteiger partial charge in [-0.3, -0.25) is 9.88 Å².